The lowest BCUT2D eigenvalue weighted by Crippen LogP contribution is -2.12. The van der Waals surface area contributed by atoms with Crippen molar-refractivity contribution in [2.75, 3.05) is 5.75 Å². The first kappa shape index (κ1) is 16.5. The number of nitriles is 1. The van der Waals surface area contributed by atoms with Crippen LogP contribution in [0, 0.1) is 11.3 Å². The second-order valence-electron chi connectivity index (χ2n) is 4.65. The summed E-state index contributed by atoms with van der Waals surface area (Å²) in [5.41, 5.74) is 2.51. The van der Waals surface area contributed by atoms with Gasteiger partial charge in [-0.15, -0.1) is 0 Å². The molecule has 0 unspecified atom stereocenters. The van der Waals surface area contributed by atoms with Crippen LogP contribution < -0.4 is 0 Å². The lowest BCUT2D eigenvalue weighted by atomic mass is 10.1. The van der Waals surface area contributed by atoms with Crippen LogP contribution >= 0.6 is 12.6 Å². The highest BCUT2D eigenvalue weighted by Crippen LogP contribution is 2.09. The molecule has 23 heavy (non-hydrogen) atoms. The summed E-state index contributed by atoms with van der Waals surface area (Å²) in [6, 6.07) is 10.3. The largest absolute Gasteiger partial charge is 0.278 e. The van der Waals surface area contributed by atoms with E-state index in [4.69, 9.17) is 5.26 Å². The topological polar surface area (TPSA) is 58.7 Å². The van der Waals surface area contributed by atoms with Gasteiger partial charge in [-0.05, 0) is 35.9 Å². The molecule has 0 saturated heterocycles. The number of rotatable bonds is 5. The molecule has 114 valence electrons. The minimum Gasteiger partial charge on any atom is -0.267 e. The van der Waals surface area contributed by atoms with Gasteiger partial charge >= 0.3 is 0 Å². The predicted octanol–water partition coefficient (Wildman–Crippen LogP) is 3.50. The van der Waals surface area contributed by atoms with Gasteiger partial charge in [-0.2, -0.15) is 23.0 Å². The number of carbonyl (C=O) groups excluding carboxylic acids is 1. The Labute approximate surface area is 140 Å². The van der Waals surface area contributed by atoms with Crippen LogP contribution in [0.1, 0.15) is 21.6 Å². The Kier molecular flexibility index (Phi) is 5.73. The smallest absolute Gasteiger partial charge is 0.267 e. The third-order valence-corrected chi connectivity index (χ3v) is 3.40. The quantitative estimate of drug-likeness (QED) is 0.677. The Morgan fingerprint density at radius 3 is 2.96 bits per heavy atom. The minimum absolute atomic E-state index is 0.280. The first-order valence-corrected chi connectivity index (χ1v) is 7.52. The fourth-order valence-corrected chi connectivity index (χ4v) is 2.11. The van der Waals surface area contributed by atoms with Crippen molar-refractivity contribution >= 4 is 24.6 Å². The van der Waals surface area contributed by atoms with Gasteiger partial charge in [0.15, 0.2) is 0 Å². The van der Waals surface area contributed by atoms with Crippen molar-refractivity contribution in [3.05, 3.63) is 83.7 Å². The van der Waals surface area contributed by atoms with Gasteiger partial charge in [0.2, 0.25) is 0 Å². The van der Waals surface area contributed by atoms with E-state index >= 15 is 0 Å². The number of aromatic nitrogens is 2. The molecule has 2 aromatic rings. The average Bonchev–Trinajstić information content (AvgIpc) is 3.07. The molecule has 0 spiro atoms. The van der Waals surface area contributed by atoms with E-state index in [9.17, 15) is 4.79 Å². The third kappa shape index (κ3) is 4.31. The van der Waals surface area contributed by atoms with Gasteiger partial charge in [0.25, 0.3) is 5.91 Å². The van der Waals surface area contributed by atoms with Gasteiger partial charge in [-0.3, -0.25) is 4.79 Å². The van der Waals surface area contributed by atoms with Crippen molar-refractivity contribution in [3.8, 4) is 6.07 Å². The fraction of sp³-hybridized carbons (Fsp3) is 0.0556. The molecule has 0 fully saturated rings. The van der Waals surface area contributed by atoms with Crippen molar-refractivity contribution in [3.63, 3.8) is 0 Å². The van der Waals surface area contributed by atoms with Crippen LogP contribution in [-0.4, -0.2) is 21.4 Å². The maximum atomic E-state index is 12.4. The van der Waals surface area contributed by atoms with Crippen LogP contribution in [0.2, 0.25) is 0 Å². The van der Waals surface area contributed by atoms with Crippen molar-refractivity contribution in [2.45, 2.75) is 0 Å². The SMILES string of the molecule is C=C/C=C(/C=C/c1ccn(C(=O)c2cccc(C#N)c2)n1)CS. The molecule has 1 aromatic carbocycles. The number of allylic oxidation sites excluding steroid dienone is 3. The molecular formula is C18H15N3OS. The van der Waals surface area contributed by atoms with Crippen LogP contribution in [0.3, 0.4) is 0 Å². The summed E-state index contributed by atoms with van der Waals surface area (Å²) in [6.07, 6.45) is 8.83. The zero-order valence-corrected chi connectivity index (χ0v) is 13.3. The minimum atomic E-state index is -0.280. The van der Waals surface area contributed by atoms with Crippen LogP contribution in [-0.2, 0) is 0 Å². The summed E-state index contributed by atoms with van der Waals surface area (Å²) in [4.78, 5) is 12.4. The first-order chi connectivity index (χ1) is 11.2. The second-order valence-corrected chi connectivity index (χ2v) is 4.97. The molecule has 0 N–H and O–H groups in total. The lowest BCUT2D eigenvalue weighted by molar-refractivity contribution is 0.0945. The number of hydrogen-bond donors (Lipinski definition) is 1. The number of thiol groups is 1. The zero-order valence-electron chi connectivity index (χ0n) is 12.4. The van der Waals surface area contributed by atoms with Crippen LogP contribution in [0.5, 0.6) is 0 Å². The molecule has 0 bridgehead atoms. The van der Waals surface area contributed by atoms with E-state index in [1.54, 1.807) is 48.7 Å². The van der Waals surface area contributed by atoms with Gasteiger partial charge in [-0.1, -0.05) is 30.9 Å². The number of nitrogens with zero attached hydrogens (tertiary/aromatic N) is 3. The molecule has 0 aliphatic carbocycles. The van der Waals surface area contributed by atoms with E-state index in [0.717, 1.165) is 5.57 Å². The number of hydrogen-bond acceptors (Lipinski definition) is 4. The summed E-state index contributed by atoms with van der Waals surface area (Å²) < 4.78 is 1.26. The van der Waals surface area contributed by atoms with Crippen LogP contribution in [0.15, 0.2) is 66.9 Å². The highest BCUT2D eigenvalue weighted by molar-refractivity contribution is 7.80. The Morgan fingerprint density at radius 2 is 2.26 bits per heavy atom. The van der Waals surface area contributed by atoms with E-state index in [1.807, 2.05) is 18.2 Å². The van der Waals surface area contributed by atoms with Crippen molar-refractivity contribution in [1.29, 1.82) is 5.26 Å². The van der Waals surface area contributed by atoms with Crippen molar-refractivity contribution in [1.82, 2.24) is 9.78 Å². The summed E-state index contributed by atoms with van der Waals surface area (Å²) in [5, 5.41) is 13.1. The predicted molar refractivity (Wildman–Crippen MR) is 94.3 cm³/mol. The van der Waals surface area contributed by atoms with Gasteiger partial charge < -0.3 is 0 Å². The van der Waals surface area contributed by atoms with Crippen LogP contribution in [0.4, 0.5) is 0 Å². The number of benzene rings is 1. The molecule has 1 aromatic heterocycles. The Balaban J connectivity index is 2.20. The molecule has 0 saturated carbocycles. The highest BCUT2D eigenvalue weighted by Gasteiger charge is 2.10. The maximum Gasteiger partial charge on any atom is 0.278 e. The van der Waals surface area contributed by atoms with E-state index in [0.29, 0.717) is 22.6 Å². The average molecular weight is 321 g/mol. The highest BCUT2D eigenvalue weighted by atomic mass is 32.1. The maximum absolute atomic E-state index is 12.4. The lowest BCUT2D eigenvalue weighted by Gasteiger charge is -2.00. The third-order valence-electron chi connectivity index (χ3n) is 3.04. The molecule has 0 aliphatic rings. The summed E-state index contributed by atoms with van der Waals surface area (Å²) in [7, 11) is 0. The molecule has 5 heteroatoms. The normalized spacial score (nSPS) is 11.4. The van der Waals surface area contributed by atoms with Gasteiger partial charge in [0.05, 0.1) is 17.3 Å². The standard InChI is InChI=1S/C18H15N3OS/c1-2-4-14(13-23)7-8-17-9-10-21(20-17)18(22)16-6-3-5-15(11-16)12-19/h2-11,23H,1,13H2/b8-7+,14-4-. The first-order valence-electron chi connectivity index (χ1n) is 6.89. The van der Waals surface area contributed by atoms with E-state index < -0.39 is 0 Å². The summed E-state index contributed by atoms with van der Waals surface area (Å²) in [6.45, 7) is 3.65. The van der Waals surface area contributed by atoms with Crippen molar-refractivity contribution < 1.29 is 4.79 Å². The van der Waals surface area contributed by atoms with E-state index in [-0.39, 0.29) is 5.91 Å². The van der Waals surface area contributed by atoms with Crippen molar-refractivity contribution in [2.24, 2.45) is 0 Å². The summed E-state index contributed by atoms with van der Waals surface area (Å²) in [5.74, 6) is 0.307. The molecular weight excluding hydrogens is 306 g/mol. The Morgan fingerprint density at radius 1 is 1.43 bits per heavy atom. The molecule has 4 nitrogen and oxygen atoms in total. The molecule has 0 atom stereocenters. The Bertz CT molecular complexity index is 825. The molecule has 0 radical (unpaired) electrons. The van der Waals surface area contributed by atoms with Gasteiger partial charge in [0, 0.05) is 17.5 Å². The fourth-order valence-electron chi connectivity index (χ4n) is 1.90. The Hall–Kier alpha value is -2.84. The zero-order chi connectivity index (χ0) is 16.7. The molecule has 0 aliphatic heterocycles. The van der Waals surface area contributed by atoms with E-state index in [2.05, 4.69) is 24.3 Å². The van der Waals surface area contributed by atoms with Crippen LogP contribution in [0.25, 0.3) is 6.08 Å². The van der Waals surface area contributed by atoms with Gasteiger partial charge in [-0.25, -0.2) is 4.68 Å². The monoisotopic (exact) mass is 321 g/mol. The van der Waals surface area contributed by atoms with E-state index in [1.165, 1.54) is 4.68 Å². The molecule has 2 rings (SSSR count). The molecule has 1 heterocycles. The second kappa shape index (κ2) is 7.97. The molecule has 0 amide bonds. The number of carbonyl (C=O) groups is 1. The van der Waals surface area contributed by atoms with Gasteiger partial charge in [0.1, 0.15) is 0 Å². The summed E-state index contributed by atoms with van der Waals surface area (Å²) >= 11 is 4.23.